The SMILES string of the molecule is Cc1ncccc1[C@@H](O)CN(CCc1ccc(N)cc1)C(=O)OC(C)(C)C. The van der Waals surface area contributed by atoms with E-state index in [1.54, 1.807) is 17.2 Å². The highest BCUT2D eigenvalue weighted by Gasteiger charge is 2.25. The molecule has 3 N–H and O–H groups in total. The Hall–Kier alpha value is -2.60. The van der Waals surface area contributed by atoms with Crippen LogP contribution in [0.1, 0.15) is 43.7 Å². The first kappa shape index (κ1) is 20.7. The van der Waals surface area contributed by atoms with Gasteiger partial charge < -0.3 is 20.5 Å². The molecule has 27 heavy (non-hydrogen) atoms. The van der Waals surface area contributed by atoms with Gasteiger partial charge >= 0.3 is 6.09 Å². The fourth-order valence-electron chi connectivity index (χ4n) is 2.69. The molecule has 1 amide bonds. The first-order valence-electron chi connectivity index (χ1n) is 9.07. The average Bonchev–Trinajstić information content (AvgIpc) is 2.58. The largest absolute Gasteiger partial charge is 0.444 e. The molecule has 1 atom stereocenters. The highest BCUT2D eigenvalue weighted by Crippen LogP contribution is 2.19. The second-order valence-electron chi connectivity index (χ2n) is 7.61. The Balaban J connectivity index is 2.12. The second-order valence-corrected chi connectivity index (χ2v) is 7.61. The van der Waals surface area contributed by atoms with Crippen LogP contribution in [-0.2, 0) is 11.2 Å². The summed E-state index contributed by atoms with van der Waals surface area (Å²) in [6, 6.07) is 11.1. The van der Waals surface area contributed by atoms with E-state index in [1.807, 2.05) is 58.0 Å². The van der Waals surface area contributed by atoms with Gasteiger partial charge in [-0.1, -0.05) is 18.2 Å². The molecule has 0 bridgehead atoms. The normalized spacial score (nSPS) is 12.5. The highest BCUT2D eigenvalue weighted by atomic mass is 16.6. The van der Waals surface area contributed by atoms with E-state index in [9.17, 15) is 9.90 Å². The third-order valence-corrected chi connectivity index (χ3v) is 4.10. The Bertz CT molecular complexity index is 754. The molecule has 6 nitrogen and oxygen atoms in total. The molecule has 0 spiro atoms. The number of aryl methyl sites for hydroxylation is 1. The maximum absolute atomic E-state index is 12.6. The van der Waals surface area contributed by atoms with Crippen molar-refractivity contribution in [2.24, 2.45) is 0 Å². The van der Waals surface area contributed by atoms with E-state index >= 15 is 0 Å². The van der Waals surface area contributed by atoms with Crippen LogP contribution in [0.4, 0.5) is 10.5 Å². The fraction of sp³-hybridized carbons (Fsp3) is 0.429. The van der Waals surface area contributed by atoms with Gasteiger partial charge in [0.15, 0.2) is 0 Å². The molecule has 0 radical (unpaired) electrons. The van der Waals surface area contributed by atoms with E-state index < -0.39 is 17.8 Å². The Morgan fingerprint density at radius 3 is 2.52 bits per heavy atom. The van der Waals surface area contributed by atoms with Crippen LogP contribution in [0.15, 0.2) is 42.6 Å². The molecular weight excluding hydrogens is 342 g/mol. The van der Waals surface area contributed by atoms with E-state index in [2.05, 4.69) is 4.98 Å². The summed E-state index contributed by atoms with van der Waals surface area (Å²) in [6.07, 6.45) is 1.03. The van der Waals surface area contributed by atoms with Crippen molar-refractivity contribution in [1.29, 1.82) is 0 Å². The fourth-order valence-corrected chi connectivity index (χ4v) is 2.69. The molecule has 2 rings (SSSR count). The van der Waals surface area contributed by atoms with Crippen LogP contribution in [-0.4, -0.2) is 39.8 Å². The Morgan fingerprint density at radius 2 is 1.93 bits per heavy atom. The summed E-state index contributed by atoms with van der Waals surface area (Å²) in [4.78, 5) is 18.4. The number of nitrogen functional groups attached to an aromatic ring is 1. The Morgan fingerprint density at radius 1 is 1.26 bits per heavy atom. The number of aliphatic hydroxyl groups excluding tert-OH is 1. The average molecular weight is 371 g/mol. The molecule has 2 aromatic rings. The Labute approximate surface area is 161 Å². The van der Waals surface area contributed by atoms with Crippen LogP contribution in [0, 0.1) is 6.92 Å². The van der Waals surface area contributed by atoms with Gasteiger partial charge in [0.05, 0.1) is 12.6 Å². The van der Waals surface area contributed by atoms with Crippen molar-refractivity contribution in [3.63, 3.8) is 0 Å². The van der Waals surface area contributed by atoms with Crippen LogP contribution < -0.4 is 5.73 Å². The zero-order valence-electron chi connectivity index (χ0n) is 16.5. The molecule has 6 heteroatoms. The highest BCUT2D eigenvalue weighted by molar-refractivity contribution is 5.68. The first-order chi connectivity index (χ1) is 12.7. The van der Waals surface area contributed by atoms with Crippen molar-refractivity contribution in [3.8, 4) is 0 Å². The van der Waals surface area contributed by atoms with Crippen molar-refractivity contribution in [3.05, 3.63) is 59.4 Å². The van der Waals surface area contributed by atoms with Crippen molar-refractivity contribution < 1.29 is 14.6 Å². The predicted octanol–water partition coefficient (Wildman–Crippen LogP) is 3.49. The minimum atomic E-state index is -0.836. The van der Waals surface area contributed by atoms with Gasteiger partial charge in [-0.2, -0.15) is 0 Å². The van der Waals surface area contributed by atoms with Gasteiger partial charge in [-0.05, 0) is 57.9 Å². The molecule has 146 valence electrons. The third kappa shape index (κ3) is 6.57. The number of nitrogens with zero attached hydrogens (tertiary/aromatic N) is 2. The number of anilines is 1. The van der Waals surface area contributed by atoms with E-state index in [4.69, 9.17) is 10.5 Å². The van der Waals surface area contributed by atoms with E-state index in [-0.39, 0.29) is 6.54 Å². The summed E-state index contributed by atoms with van der Waals surface area (Å²) >= 11 is 0. The van der Waals surface area contributed by atoms with Crippen molar-refractivity contribution in [2.75, 3.05) is 18.8 Å². The first-order valence-corrected chi connectivity index (χ1v) is 9.07. The van der Waals surface area contributed by atoms with Crippen molar-refractivity contribution >= 4 is 11.8 Å². The lowest BCUT2D eigenvalue weighted by atomic mass is 10.1. The summed E-state index contributed by atoms with van der Waals surface area (Å²) < 4.78 is 5.51. The quantitative estimate of drug-likeness (QED) is 0.759. The van der Waals surface area contributed by atoms with Crippen molar-refractivity contribution in [1.82, 2.24) is 9.88 Å². The zero-order valence-corrected chi connectivity index (χ0v) is 16.5. The molecule has 0 saturated carbocycles. The molecule has 0 saturated heterocycles. The number of pyridine rings is 1. The molecule has 1 aromatic carbocycles. The minimum Gasteiger partial charge on any atom is -0.444 e. The summed E-state index contributed by atoms with van der Waals surface area (Å²) in [7, 11) is 0. The number of rotatable bonds is 6. The summed E-state index contributed by atoms with van der Waals surface area (Å²) in [5.41, 5.74) is 8.33. The summed E-state index contributed by atoms with van der Waals surface area (Å²) in [6.45, 7) is 7.87. The molecule has 0 unspecified atom stereocenters. The number of carbonyl (C=O) groups excluding carboxylic acids is 1. The van der Waals surface area contributed by atoms with Gasteiger partial charge in [0.2, 0.25) is 0 Å². The maximum atomic E-state index is 12.6. The van der Waals surface area contributed by atoms with E-state index in [0.717, 1.165) is 11.3 Å². The van der Waals surface area contributed by atoms with Crippen LogP contribution >= 0.6 is 0 Å². The lowest BCUT2D eigenvalue weighted by molar-refractivity contribution is 0.0146. The number of carbonyl (C=O) groups is 1. The van der Waals surface area contributed by atoms with Crippen LogP contribution in [0.3, 0.4) is 0 Å². The molecule has 0 fully saturated rings. The van der Waals surface area contributed by atoms with E-state index in [1.165, 1.54) is 0 Å². The number of ether oxygens (including phenoxy) is 1. The Kier molecular flexibility index (Phi) is 6.80. The van der Waals surface area contributed by atoms with Gasteiger partial charge in [0, 0.05) is 29.7 Å². The maximum Gasteiger partial charge on any atom is 0.410 e. The standard InChI is InChI=1S/C21H29N3O3/c1-15-18(6-5-12-23-15)19(25)14-24(20(26)27-21(2,3)4)13-11-16-7-9-17(22)10-8-16/h5-10,12,19,25H,11,13-14,22H2,1-4H3/t19-/m0/s1. The lowest BCUT2D eigenvalue weighted by Gasteiger charge is -2.29. The summed E-state index contributed by atoms with van der Waals surface area (Å²) in [5, 5.41) is 10.6. The molecule has 1 heterocycles. The predicted molar refractivity (Wildman–Crippen MR) is 106 cm³/mol. The molecule has 0 aliphatic carbocycles. The summed E-state index contributed by atoms with van der Waals surface area (Å²) in [5.74, 6) is 0. The van der Waals surface area contributed by atoms with Gasteiger partial charge in [-0.3, -0.25) is 4.98 Å². The van der Waals surface area contributed by atoms with Crippen LogP contribution in [0.2, 0.25) is 0 Å². The van der Waals surface area contributed by atoms with Gasteiger partial charge in [-0.25, -0.2) is 4.79 Å². The number of aliphatic hydroxyl groups is 1. The van der Waals surface area contributed by atoms with Crippen LogP contribution in [0.25, 0.3) is 0 Å². The molecule has 0 aliphatic rings. The molecular formula is C21H29N3O3. The number of nitrogens with two attached hydrogens (primary N) is 1. The third-order valence-electron chi connectivity index (χ3n) is 4.10. The number of benzene rings is 1. The van der Waals surface area contributed by atoms with Crippen LogP contribution in [0.5, 0.6) is 0 Å². The number of hydrogen-bond donors (Lipinski definition) is 2. The number of hydrogen-bond acceptors (Lipinski definition) is 5. The van der Waals surface area contributed by atoms with Gasteiger partial charge in [0.1, 0.15) is 5.60 Å². The smallest absolute Gasteiger partial charge is 0.410 e. The van der Waals surface area contributed by atoms with Gasteiger partial charge in [-0.15, -0.1) is 0 Å². The molecule has 0 aliphatic heterocycles. The number of aromatic nitrogens is 1. The van der Waals surface area contributed by atoms with Crippen molar-refractivity contribution in [2.45, 2.75) is 45.8 Å². The minimum absolute atomic E-state index is 0.135. The lowest BCUT2D eigenvalue weighted by Crippen LogP contribution is -2.40. The molecule has 1 aromatic heterocycles. The second kappa shape index (κ2) is 8.86. The van der Waals surface area contributed by atoms with E-state index in [0.29, 0.717) is 24.2 Å². The number of amides is 1. The van der Waals surface area contributed by atoms with Gasteiger partial charge in [0.25, 0.3) is 0 Å². The topological polar surface area (TPSA) is 88.7 Å². The zero-order chi connectivity index (χ0) is 20.0. The monoisotopic (exact) mass is 371 g/mol.